The van der Waals surface area contributed by atoms with Gasteiger partial charge in [0, 0.05) is 24.8 Å². The molecule has 1 aliphatic rings. The molecule has 0 atom stereocenters. The van der Waals surface area contributed by atoms with Crippen LogP contribution in [0.1, 0.15) is 28.8 Å². The second-order valence-electron chi connectivity index (χ2n) is 5.74. The van der Waals surface area contributed by atoms with Gasteiger partial charge < -0.3 is 5.32 Å². The van der Waals surface area contributed by atoms with Crippen LogP contribution in [0.2, 0.25) is 0 Å². The molecule has 2 heterocycles. The minimum absolute atomic E-state index is 0.0109. The summed E-state index contributed by atoms with van der Waals surface area (Å²) in [6.45, 7) is 2.05. The van der Waals surface area contributed by atoms with Gasteiger partial charge >= 0.3 is 0 Å². The zero-order chi connectivity index (χ0) is 15.5. The Balaban J connectivity index is 1.87. The molecule has 1 aromatic carbocycles. The van der Waals surface area contributed by atoms with Gasteiger partial charge in [-0.25, -0.2) is 0 Å². The van der Waals surface area contributed by atoms with E-state index in [1.807, 2.05) is 56.2 Å². The second-order valence-corrected chi connectivity index (χ2v) is 6.96. The summed E-state index contributed by atoms with van der Waals surface area (Å²) in [5, 5.41) is 7.68. The van der Waals surface area contributed by atoms with Crippen molar-refractivity contribution in [2.75, 3.05) is 11.5 Å². The second kappa shape index (κ2) is 6.57. The zero-order valence-corrected chi connectivity index (χ0v) is 13.8. The molecule has 0 unspecified atom stereocenters. The molecule has 1 fully saturated rings. The normalized spacial score (nSPS) is 15.7. The van der Waals surface area contributed by atoms with Gasteiger partial charge in [-0.1, -0.05) is 24.3 Å². The average Bonchev–Trinajstić information content (AvgIpc) is 2.90. The summed E-state index contributed by atoms with van der Waals surface area (Å²) in [7, 11) is 1.86. The van der Waals surface area contributed by atoms with E-state index in [1.165, 1.54) is 0 Å². The molecule has 116 valence electrons. The van der Waals surface area contributed by atoms with Crippen molar-refractivity contribution >= 4 is 17.7 Å². The van der Waals surface area contributed by atoms with Crippen LogP contribution in [0, 0.1) is 6.92 Å². The first-order chi connectivity index (χ1) is 10.6. The lowest BCUT2D eigenvalue weighted by Crippen LogP contribution is -2.37. The molecule has 0 radical (unpaired) electrons. The van der Waals surface area contributed by atoms with Gasteiger partial charge in [0.25, 0.3) is 5.91 Å². The van der Waals surface area contributed by atoms with E-state index in [1.54, 1.807) is 4.68 Å². The van der Waals surface area contributed by atoms with Gasteiger partial charge in [0.15, 0.2) is 0 Å². The minimum Gasteiger partial charge on any atom is -0.349 e. The first-order valence-corrected chi connectivity index (χ1v) is 8.79. The van der Waals surface area contributed by atoms with Crippen LogP contribution in [0.25, 0.3) is 11.3 Å². The number of benzene rings is 1. The molecule has 22 heavy (non-hydrogen) atoms. The Morgan fingerprint density at radius 2 is 2.05 bits per heavy atom. The SMILES string of the molecule is Cc1ccccc1-c1nn(C)cc1C(=O)NC1CCSCC1. The van der Waals surface area contributed by atoms with Crippen molar-refractivity contribution in [1.29, 1.82) is 0 Å². The van der Waals surface area contributed by atoms with Crippen molar-refractivity contribution in [3.8, 4) is 11.3 Å². The molecule has 0 aliphatic carbocycles. The summed E-state index contributed by atoms with van der Waals surface area (Å²) >= 11 is 1.96. The standard InChI is InChI=1S/C17H21N3OS/c1-12-5-3-4-6-14(12)16-15(11-20(2)19-16)17(21)18-13-7-9-22-10-8-13/h3-6,11,13H,7-10H2,1-2H3,(H,18,21). The number of aromatic nitrogens is 2. The highest BCUT2D eigenvalue weighted by atomic mass is 32.2. The molecule has 1 N–H and O–H groups in total. The molecule has 0 saturated carbocycles. The van der Waals surface area contributed by atoms with Crippen LogP contribution in [-0.4, -0.2) is 33.2 Å². The highest BCUT2D eigenvalue weighted by molar-refractivity contribution is 7.99. The molecule has 1 saturated heterocycles. The fourth-order valence-corrected chi connectivity index (χ4v) is 3.90. The van der Waals surface area contributed by atoms with Crippen molar-refractivity contribution in [1.82, 2.24) is 15.1 Å². The molecule has 1 aliphatic heterocycles. The number of carbonyl (C=O) groups excluding carboxylic acids is 1. The Morgan fingerprint density at radius 3 is 2.77 bits per heavy atom. The van der Waals surface area contributed by atoms with Crippen LogP contribution >= 0.6 is 11.8 Å². The third-order valence-corrected chi connectivity index (χ3v) is 5.08. The number of rotatable bonds is 3. The molecular weight excluding hydrogens is 294 g/mol. The predicted molar refractivity (Wildman–Crippen MR) is 91.2 cm³/mol. The third-order valence-electron chi connectivity index (χ3n) is 4.03. The Hall–Kier alpha value is -1.75. The number of thioether (sulfide) groups is 1. The van der Waals surface area contributed by atoms with Crippen molar-refractivity contribution in [3.63, 3.8) is 0 Å². The predicted octanol–water partition coefficient (Wildman–Crippen LogP) is 3.02. The Labute approximate surface area is 135 Å². The van der Waals surface area contributed by atoms with Gasteiger partial charge in [-0.05, 0) is 36.8 Å². The van der Waals surface area contributed by atoms with E-state index >= 15 is 0 Å². The summed E-state index contributed by atoms with van der Waals surface area (Å²) in [4.78, 5) is 12.7. The maximum atomic E-state index is 12.7. The lowest BCUT2D eigenvalue weighted by Gasteiger charge is -2.22. The van der Waals surface area contributed by atoms with Gasteiger partial charge in [-0.3, -0.25) is 9.48 Å². The van der Waals surface area contributed by atoms with E-state index in [0.717, 1.165) is 41.2 Å². The molecular formula is C17H21N3OS. The van der Waals surface area contributed by atoms with Crippen molar-refractivity contribution < 1.29 is 4.79 Å². The van der Waals surface area contributed by atoms with Crippen molar-refractivity contribution in [3.05, 3.63) is 41.6 Å². The largest absolute Gasteiger partial charge is 0.349 e. The molecule has 2 aromatic rings. The number of hydrogen-bond acceptors (Lipinski definition) is 3. The van der Waals surface area contributed by atoms with Crippen LogP contribution in [0.15, 0.2) is 30.5 Å². The highest BCUT2D eigenvalue weighted by Crippen LogP contribution is 2.25. The molecule has 3 rings (SSSR count). The number of aryl methyl sites for hydroxylation is 2. The van der Waals surface area contributed by atoms with Gasteiger partial charge in [0.2, 0.25) is 0 Å². The van der Waals surface area contributed by atoms with Gasteiger partial charge in [-0.2, -0.15) is 16.9 Å². The summed E-state index contributed by atoms with van der Waals surface area (Å²) < 4.78 is 1.72. The highest BCUT2D eigenvalue weighted by Gasteiger charge is 2.22. The third kappa shape index (κ3) is 3.19. The van der Waals surface area contributed by atoms with E-state index in [2.05, 4.69) is 10.4 Å². The smallest absolute Gasteiger partial charge is 0.255 e. The Bertz CT molecular complexity index is 674. The van der Waals surface area contributed by atoms with Crippen LogP contribution < -0.4 is 5.32 Å². The summed E-state index contributed by atoms with van der Waals surface area (Å²) in [5.74, 6) is 2.24. The topological polar surface area (TPSA) is 46.9 Å². The number of nitrogens with one attached hydrogen (secondary N) is 1. The fraction of sp³-hybridized carbons (Fsp3) is 0.412. The number of carbonyl (C=O) groups is 1. The summed E-state index contributed by atoms with van der Waals surface area (Å²) in [5.41, 5.74) is 3.58. The summed E-state index contributed by atoms with van der Waals surface area (Å²) in [6.07, 6.45) is 3.92. The molecule has 1 aromatic heterocycles. The first-order valence-electron chi connectivity index (χ1n) is 7.63. The van der Waals surface area contributed by atoms with Crippen LogP contribution in [0.4, 0.5) is 0 Å². The van der Waals surface area contributed by atoms with E-state index in [9.17, 15) is 4.79 Å². The van der Waals surface area contributed by atoms with E-state index in [-0.39, 0.29) is 5.91 Å². The summed E-state index contributed by atoms with van der Waals surface area (Å²) in [6, 6.07) is 8.34. The van der Waals surface area contributed by atoms with Gasteiger partial charge in [0.1, 0.15) is 5.69 Å². The van der Waals surface area contributed by atoms with E-state index < -0.39 is 0 Å². The quantitative estimate of drug-likeness (QED) is 0.947. The Morgan fingerprint density at radius 1 is 1.32 bits per heavy atom. The van der Waals surface area contributed by atoms with Crippen LogP contribution in [-0.2, 0) is 7.05 Å². The number of amides is 1. The van der Waals surface area contributed by atoms with Gasteiger partial charge in [0.05, 0.1) is 5.56 Å². The first kappa shape index (κ1) is 15.2. The molecule has 4 nitrogen and oxygen atoms in total. The van der Waals surface area contributed by atoms with E-state index in [4.69, 9.17) is 0 Å². The molecule has 0 spiro atoms. The maximum absolute atomic E-state index is 12.7. The zero-order valence-electron chi connectivity index (χ0n) is 13.0. The number of hydrogen-bond donors (Lipinski definition) is 1. The van der Waals surface area contributed by atoms with Crippen molar-refractivity contribution in [2.45, 2.75) is 25.8 Å². The number of nitrogens with zero attached hydrogens (tertiary/aromatic N) is 2. The maximum Gasteiger partial charge on any atom is 0.255 e. The van der Waals surface area contributed by atoms with Crippen LogP contribution in [0.3, 0.4) is 0 Å². The Kier molecular flexibility index (Phi) is 4.52. The lowest BCUT2D eigenvalue weighted by molar-refractivity contribution is 0.0935. The monoisotopic (exact) mass is 315 g/mol. The average molecular weight is 315 g/mol. The molecule has 1 amide bonds. The molecule has 0 bridgehead atoms. The fourth-order valence-electron chi connectivity index (χ4n) is 2.80. The van der Waals surface area contributed by atoms with E-state index in [0.29, 0.717) is 11.6 Å². The minimum atomic E-state index is -0.0109. The van der Waals surface area contributed by atoms with Crippen molar-refractivity contribution in [2.24, 2.45) is 7.05 Å². The van der Waals surface area contributed by atoms with Crippen LogP contribution in [0.5, 0.6) is 0 Å². The molecule has 5 heteroatoms. The van der Waals surface area contributed by atoms with Gasteiger partial charge in [-0.15, -0.1) is 0 Å². The lowest BCUT2D eigenvalue weighted by atomic mass is 10.0.